The molecule has 0 saturated carbocycles. The Balaban J connectivity index is 2.10. The number of aliphatic hydroxyl groups is 2. The van der Waals surface area contributed by atoms with Crippen LogP contribution in [0.15, 0.2) is 24.3 Å². The fraction of sp³-hybridized carbons (Fsp3) is 0.609. The largest absolute Gasteiger partial charge is 0.446 e. The van der Waals surface area contributed by atoms with Crippen molar-refractivity contribution in [3.63, 3.8) is 0 Å². The summed E-state index contributed by atoms with van der Waals surface area (Å²) in [5.74, 6) is -2.00. The summed E-state index contributed by atoms with van der Waals surface area (Å²) < 4.78 is 37.6. The van der Waals surface area contributed by atoms with Gasteiger partial charge in [0.25, 0.3) is 10.1 Å². The molecule has 0 bridgehead atoms. The van der Waals surface area contributed by atoms with E-state index in [1.807, 2.05) is 0 Å². The number of amides is 3. The van der Waals surface area contributed by atoms with Crippen molar-refractivity contribution in [3.8, 4) is 0 Å². The molecule has 12 nitrogen and oxygen atoms in total. The van der Waals surface area contributed by atoms with Gasteiger partial charge in [0.2, 0.25) is 17.3 Å². The zero-order valence-electron chi connectivity index (χ0n) is 20.8. The molecule has 2 rings (SSSR count). The molecule has 2 unspecified atom stereocenters. The van der Waals surface area contributed by atoms with E-state index in [9.17, 15) is 37.6 Å². The molecule has 0 aromatic heterocycles. The summed E-state index contributed by atoms with van der Waals surface area (Å²) in [4.78, 5) is 37.5. The molecule has 14 heteroatoms. The Labute approximate surface area is 220 Å². The van der Waals surface area contributed by atoms with Gasteiger partial charge >= 0.3 is 6.09 Å². The molecule has 0 spiro atoms. The van der Waals surface area contributed by atoms with Crippen LogP contribution in [0.4, 0.5) is 4.79 Å². The predicted molar refractivity (Wildman–Crippen MR) is 134 cm³/mol. The van der Waals surface area contributed by atoms with Crippen LogP contribution in [0.2, 0.25) is 5.02 Å². The summed E-state index contributed by atoms with van der Waals surface area (Å²) in [6, 6.07) is 3.64. The molecular weight excluding hydrogens is 530 g/mol. The van der Waals surface area contributed by atoms with E-state index in [4.69, 9.17) is 16.3 Å². The van der Waals surface area contributed by atoms with Gasteiger partial charge in [0, 0.05) is 17.5 Å². The summed E-state index contributed by atoms with van der Waals surface area (Å²) in [6.45, 7) is 4.88. The number of halogens is 1. The van der Waals surface area contributed by atoms with Crippen molar-refractivity contribution in [3.05, 3.63) is 34.9 Å². The zero-order chi connectivity index (χ0) is 28.0. The number of ether oxygens (including phenoxy) is 1. The van der Waals surface area contributed by atoms with Crippen LogP contribution in [0.25, 0.3) is 0 Å². The molecule has 5 atom stereocenters. The molecule has 1 saturated heterocycles. The van der Waals surface area contributed by atoms with Crippen LogP contribution in [0.5, 0.6) is 0 Å². The van der Waals surface area contributed by atoms with E-state index in [1.165, 1.54) is 13.0 Å². The highest BCUT2D eigenvalue weighted by molar-refractivity contribution is 7.86. The van der Waals surface area contributed by atoms with Crippen LogP contribution < -0.4 is 16.0 Å². The Hall–Kier alpha value is -2.45. The minimum absolute atomic E-state index is 0.101. The highest BCUT2D eigenvalue weighted by Crippen LogP contribution is 2.24. The standard InChI is InChI=1S/C23H34ClN3O9S/c1-13(2)9-17(27-22(31)36-12-23(3,32)15-5-4-6-16(24)11-15)20(29)26-18(21(30)37(33,34)35)10-14-7-8-25-19(14)28/h4-6,11,13-14,17-18,21,30,32H,7-10,12H2,1-3H3,(H,25,28)(H,26,29)(H,27,31)(H,33,34,35)/t14-,17-,18-,21?,23?/m0/s1. The van der Waals surface area contributed by atoms with E-state index < -0.39 is 57.8 Å². The van der Waals surface area contributed by atoms with Crippen LogP contribution in [0, 0.1) is 11.8 Å². The van der Waals surface area contributed by atoms with Crippen molar-refractivity contribution >= 4 is 39.6 Å². The molecule has 1 aliphatic heterocycles. The first-order chi connectivity index (χ1) is 17.1. The summed E-state index contributed by atoms with van der Waals surface area (Å²) in [6.07, 6.45) is -0.801. The summed E-state index contributed by atoms with van der Waals surface area (Å²) in [7, 11) is -4.97. The van der Waals surface area contributed by atoms with E-state index in [0.29, 0.717) is 23.6 Å². The molecule has 0 radical (unpaired) electrons. The number of hydrogen-bond acceptors (Lipinski definition) is 8. The van der Waals surface area contributed by atoms with Gasteiger partial charge in [0.05, 0.1) is 6.04 Å². The minimum Gasteiger partial charge on any atom is -0.446 e. The predicted octanol–water partition coefficient (Wildman–Crippen LogP) is 0.906. The Morgan fingerprint density at radius 1 is 1.30 bits per heavy atom. The van der Waals surface area contributed by atoms with Crippen molar-refractivity contribution in [2.75, 3.05) is 13.2 Å². The van der Waals surface area contributed by atoms with Crippen molar-refractivity contribution in [2.45, 2.75) is 63.2 Å². The van der Waals surface area contributed by atoms with Gasteiger partial charge in [-0.2, -0.15) is 8.42 Å². The van der Waals surface area contributed by atoms with Gasteiger partial charge in [-0.25, -0.2) is 4.79 Å². The molecular formula is C23H34ClN3O9S. The number of carbonyl (C=O) groups is 3. The van der Waals surface area contributed by atoms with Gasteiger partial charge in [0.1, 0.15) is 18.2 Å². The van der Waals surface area contributed by atoms with E-state index in [-0.39, 0.29) is 24.7 Å². The third-order valence-electron chi connectivity index (χ3n) is 5.92. The second-order valence-electron chi connectivity index (χ2n) is 9.72. The summed E-state index contributed by atoms with van der Waals surface area (Å²) in [5.41, 5.74) is -3.56. The lowest BCUT2D eigenvalue weighted by molar-refractivity contribution is -0.126. The van der Waals surface area contributed by atoms with E-state index in [0.717, 1.165) is 0 Å². The van der Waals surface area contributed by atoms with Crippen LogP contribution in [0.1, 0.15) is 45.6 Å². The zero-order valence-corrected chi connectivity index (χ0v) is 22.4. The molecule has 6 N–H and O–H groups in total. The van der Waals surface area contributed by atoms with Gasteiger partial charge < -0.3 is 30.9 Å². The number of benzene rings is 1. The normalized spacial score (nSPS) is 19.9. The number of rotatable bonds is 12. The smallest absolute Gasteiger partial charge is 0.407 e. The van der Waals surface area contributed by atoms with Gasteiger partial charge in [0.15, 0.2) is 0 Å². The molecule has 208 valence electrons. The lowest BCUT2D eigenvalue weighted by atomic mass is 9.97. The molecule has 1 aromatic carbocycles. The molecule has 1 aromatic rings. The maximum absolute atomic E-state index is 13.0. The van der Waals surface area contributed by atoms with Crippen molar-refractivity contribution in [1.29, 1.82) is 0 Å². The SMILES string of the molecule is CC(C)C[C@H](NC(=O)OCC(C)(O)c1cccc(Cl)c1)C(=O)N[C@@H](C[C@@H]1CCNC1=O)C(O)S(=O)(=O)O. The van der Waals surface area contributed by atoms with E-state index >= 15 is 0 Å². The third-order valence-corrected chi connectivity index (χ3v) is 7.10. The maximum atomic E-state index is 13.0. The Morgan fingerprint density at radius 3 is 2.51 bits per heavy atom. The fourth-order valence-electron chi connectivity index (χ4n) is 3.91. The molecule has 0 aliphatic carbocycles. The Morgan fingerprint density at radius 2 is 1.97 bits per heavy atom. The van der Waals surface area contributed by atoms with Gasteiger partial charge in [-0.05, 0) is 49.8 Å². The topological polar surface area (TPSA) is 191 Å². The van der Waals surface area contributed by atoms with Gasteiger partial charge in [-0.3, -0.25) is 14.1 Å². The van der Waals surface area contributed by atoms with Crippen molar-refractivity contribution < 1.29 is 42.3 Å². The first-order valence-corrected chi connectivity index (χ1v) is 13.6. The van der Waals surface area contributed by atoms with E-state index in [2.05, 4.69) is 16.0 Å². The van der Waals surface area contributed by atoms with Crippen LogP contribution in [-0.4, -0.2) is 71.8 Å². The van der Waals surface area contributed by atoms with Crippen LogP contribution >= 0.6 is 11.6 Å². The monoisotopic (exact) mass is 563 g/mol. The lowest BCUT2D eigenvalue weighted by Gasteiger charge is -2.28. The van der Waals surface area contributed by atoms with Gasteiger partial charge in [-0.1, -0.05) is 37.6 Å². The Kier molecular flexibility index (Phi) is 10.7. The van der Waals surface area contributed by atoms with Gasteiger partial charge in [-0.15, -0.1) is 0 Å². The van der Waals surface area contributed by atoms with Crippen LogP contribution in [-0.2, 0) is 30.0 Å². The maximum Gasteiger partial charge on any atom is 0.407 e. The number of carbonyl (C=O) groups excluding carboxylic acids is 3. The second kappa shape index (κ2) is 12.9. The Bertz CT molecular complexity index is 1080. The molecule has 3 amide bonds. The number of hydrogen-bond donors (Lipinski definition) is 6. The number of alkyl carbamates (subject to hydrolysis) is 1. The first-order valence-electron chi connectivity index (χ1n) is 11.7. The summed E-state index contributed by atoms with van der Waals surface area (Å²) >= 11 is 5.95. The number of nitrogens with one attached hydrogen (secondary N) is 3. The van der Waals surface area contributed by atoms with Crippen molar-refractivity contribution in [2.24, 2.45) is 11.8 Å². The highest BCUT2D eigenvalue weighted by Gasteiger charge is 2.38. The first kappa shape index (κ1) is 30.8. The van der Waals surface area contributed by atoms with E-state index in [1.54, 1.807) is 32.0 Å². The van der Waals surface area contributed by atoms with Crippen LogP contribution in [0.3, 0.4) is 0 Å². The molecule has 1 aliphatic rings. The fourth-order valence-corrected chi connectivity index (χ4v) is 4.70. The third kappa shape index (κ3) is 9.42. The average Bonchev–Trinajstić information content (AvgIpc) is 3.19. The second-order valence-corrected chi connectivity index (χ2v) is 11.7. The highest BCUT2D eigenvalue weighted by atomic mass is 35.5. The number of aliphatic hydroxyl groups excluding tert-OH is 1. The molecule has 1 fully saturated rings. The summed E-state index contributed by atoms with van der Waals surface area (Å²) in [5, 5.41) is 28.5. The lowest BCUT2D eigenvalue weighted by Crippen LogP contribution is -2.55. The quantitative estimate of drug-likeness (QED) is 0.200. The average molecular weight is 564 g/mol. The minimum atomic E-state index is -4.97. The molecule has 1 heterocycles. The van der Waals surface area contributed by atoms with Crippen molar-refractivity contribution in [1.82, 2.24) is 16.0 Å². The molecule has 37 heavy (non-hydrogen) atoms.